The first kappa shape index (κ1) is 19.2. The van der Waals surface area contributed by atoms with E-state index < -0.39 is 6.04 Å². The molecule has 2 aliphatic rings. The smallest absolute Gasteiger partial charge is 0.332 e. The highest BCUT2D eigenvalue weighted by molar-refractivity contribution is 6.21. The Labute approximate surface area is 170 Å². The zero-order valence-electron chi connectivity index (χ0n) is 17.0. The van der Waals surface area contributed by atoms with Gasteiger partial charge in [0, 0.05) is 25.8 Å². The number of amides is 4. The lowest BCUT2D eigenvalue weighted by atomic mass is 9.97. The van der Waals surface area contributed by atoms with E-state index in [1.54, 1.807) is 15.5 Å². The number of hydrogen-bond donors (Lipinski definition) is 1. The van der Waals surface area contributed by atoms with Crippen molar-refractivity contribution < 1.29 is 14.4 Å². The fourth-order valence-electron chi connectivity index (χ4n) is 4.13. The van der Waals surface area contributed by atoms with Crippen LogP contribution in [-0.4, -0.2) is 45.9 Å². The molecule has 2 saturated heterocycles. The first-order chi connectivity index (χ1) is 13.9. The molecule has 0 radical (unpaired) electrons. The van der Waals surface area contributed by atoms with Crippen molar-refractivity contribution >= 4 is 23.5 Å². The molecule has 1 aromatic carbocycles. The Morgan fingerprint density at radius 3 is 2.48 bits per heavy atom. The maximum absolute atomic E-state index is 13.0. The molecule has 1 aromatic heterocycles. The topological polar surface area (TPSA) is 74.7 Å². The van der Waals surface area contributed by atoms with E-state index in [-0.39, 0.29) is 23.9 Å². The van der Waals surface area contributed by atoms with Crippen LogP contribution in [0.5, 0.6) is 0 Å². The highest BCUT2D eigenvalue weighted by Crippen LogP contribution is 2.31. The Kier molecular flexibility index (Phi) is 4.90. The van der Waals surface area contributed by atoms with Crippen LogP contribution in [0.1, 0.15) is 48.7 Å². The number of aromatic nitrogens is 1. The lowest BCUT2D eigenvalue weighted by Crippen LogP contribution is -2.50. The number of benzene rings is 1. The Bertz CT molecular complexity index is 947. The van der Waals surface area contributed by atoms with Crippen molar-refractivity contribution in [1.82, 2.24) is 14.8 Å². The SMILES string of the molecule is CC(C)c1ccc(N2C(=O)[C@@H]3C[C@@H](NC(=O)c4cccn4C)CCN3C2=O)cc1. The van der Waals surface area contributed by atoms with E-state index in [0.717, 1.165) is 5.56 Å². The van der Waals surface area contributed by atoms with Gasteiger partial charge in [-0.15, -0.1) is 0 Å². The number of hydrogen-bond acceptors (Lipinski definition) is 3. The van der Waals surface area contributed by atoms with E-state index in [1.165, 1.54) is 4.90 Å². The fourth-order valence-corrected chi connectivity index (χ4v) is 4.13. The summed E-state index contributed by atoms with van der Waals surface area (Å²) in [6, 6.07) is 10.2. The van der Waals surface area contributed by atoms with Crippen molar-refractivity contribution in [2.45, 2.75) is 44.7 Å². The Morgan fingerprint density at radius 2 is 1.86 bits per heavy atom. The molecule has 0 bridgehead atoms. The molecule has 2 aliphatic heterocycles. The lowest BCUT2D eigenvalue weighted by molar-refractivity contribution is -0.120. The molecule has 7 heteroatoms. The van der Waals surface area contributed by atoms with Gasteiger partial charge < -0.3 is 14.8 Å². The third kappa shape index (κ3) is 3.41. The quantitative estimate of drug-likeness (QED) is 0.811. The largest absolute Gasteiger partial charge is 0.348 e. The summed E-state index contributed by atoms with van der Waals surface area (Å²) < 4.78 is 1.76. The van der Waals surface area contributed by atoms with Crippen LogP contribution in [0.4, 0.5) is 10.5 Å². The summed E-state index contributed by atoms with van der Waals surface area (Å²) in [6.07, 6.45) is 2.88. The van der Waals surface area contributed by atoms with Crippen molar-refractivity contribution in [3.63, 3.8) is 0 Å². The van der Waals surface area contributed by atoms with Crippen LogP contribution in [0.2, 0.25) is 0 Å². The van der Waals surface area contributed by atoms with Gasteiger partial charge >= 0.3 is 6.03 Å². The summed E-state index contributed by atoms with van der Waals surface area (Å²) in [4.78, 5) is 41.3. The molecule has 4 amide bonds. The van der Waals surface area contributed by atoms with Gasteiger partial charge in [-0.1, -0.05) is 26.0 Å². The normalized spacial score (nSPS) is 21.7. The number of carbonyl (C=O) groups is 3. The fraction of sp³-hybridized carbons (Fsp3) is 0.409. The number of carbonyl (C=O) groups excluding carboxylic acids is 3. The first-order valence-corrected chi connectivity index (χ1v) is 10.0. The lowest BCUT2D eigenvalue weighted by Gasteiger charge is -2.32. The number of anilines is 1. The minimum absolute atomic E-state index is 0.140. The number of nitrogens with zero attached hydrogens (tertiary/aromatic N) is 3. The molecule has 1 N–H and O–H groups in total. The summed E-state index contributed by atoms with van der Waals surface area (Å²) in [6.45, 7) is 4.66. The minimum Gasteiger partial charge on any atom is -0.348 e. The van der Waals surface area contributed by atoms with Crippen LogP contribution >= 0.6 is 0 Å². The molecule has 29 heavy (non-hydrogen) atoms. The van der Waals surface area contributed by atoms with Crippen LogP contribution in [0.3, 0.4) is 0 Å². The number of rotatable bonds is 4. The molecule has 2 atom stereocenters. The second-order valence-corrected chi connectivity index (χ2v) is 8.11. The standard InChI is InChI=1S/C22H26N4O3/c1-14(2)15-6-8-17(9-7-15)26-21(28)19-13-16(10-12-25(19)22(26)29)23-20(27)18-5-4-11-24(18)3/h4-9,11,14,16,19H,10,12-13H2,1-3H3,(H,23,27)/t16-,19-/m0/s1. The van der Waals surface area contributed by atoms with Gasteiger partial charge in [0.1, 0.15) is 11.7 Å². The predicted molar refractivity (Wildman–Crippen MR) is 110 cm³/mol. The highest BCUT2D eigenvalue weighted by Gasteiger charge is 2.48. The number of aryl methyl sites for hydroxylation is 1. The summed E-state index contributed by atoms with van der Waals surface area (Å²) in [5, 5.41) is 3.02. The third-order valence-corrected chi connectivity index (χ3v) is 5.87. The summed E-state index contributed by atoms with van der Waals surface area (Å²) >= 11 is 0. The Morgan fingerprint density at radius 1 is 1.14 bits per heavy atom. The highest BCUT2D eigenvalue weighted by atomic mass is 16.2. The van der Waals surface area contributed by atoms with Gasteiger partial charge in [0.25, 0.3) is 11.8 Å². The van der Waals surface area contributed by atoms with E-state index in [4.69, 9.17) is 0 Å². The van der Waals surface area contributed by atoms with Gasteiger partial charge in [-0.25, -0.2) is 9.69 Å². The maximum atomic E-state index is 13.0. The van der Waals surface area contributed by atoms with Crippen molar-refractivity contribution in [1.29, 1.82) is 0 Å². The van der Waals surface area contributed by atoms with E-state index in [2.05, 4.69) is 19.2 Å². The molecule has 2 fully saturated rings. The molecular formula is C22H26N4O3. The second kappa shape index (κ2) is 7.39. The molecule has 0 unspecified atom stereocenters. The third-order valence-electron chi connectivity index (χ3n) is 5.87. The average molecular weight is 394 g/mol. The summed E-state index contributed by atoms with van der Waals surface area (Å²) in [5.74, 6) is 0.00734. The van der Waals surface area contributed by atoms with Crippen molar-refractivity contribution in [3.05, 3.63) is 53.9 Å². The monoisotopic (exact) mass is 394 g/mol. The van der Waals surface area contributed by atoms with Crippen LogP contribution < -0.4 is 10.2 Å². The van der Waals surface area contributed by atoms with Gasteiger partial charge in [-0.3, -0.25) is 9.59 Å². The summed E-state index contributed by atoms with van der Waals surface area (Å²) in [5.41, 5.74) is 2.34. The predicted octanol–water partition coefficient (Wildman–Crippen LogP) is 2.88. The van der Waals surface area contributed by atoms with E-state index in [1.807, 2.05) is 43.6 Å². The molecule has 4 rings (SSSR count). The van der Waals surface area contributed by atoms with E-state index >= 15 is 0 Å². The molecular weight excluding hydrogens is 368 g/mol. The number of imide groups is 1. The summed E-state index contributed by atoms with van der Waals surface area (Å²) in [7, 11) is 1.82. The number of urea groups is 1. The van der Waals surface area contributed by atoms with Crippen LogP contribution in [0.25, 0.3) is 0 Å². The molecule has 0 aliphatic carbocycles. The van der Waals surface area contributed by atoms with Gasteiger partial charge in [0.05, 0.1) is 5.69 Å². The number of piperidine rings is 1. The van der Waals surface area contributed by atoms with Gasteiger partial charge in [0.15, 0.2) is 0 Å². The molecule has 7 nitrogen and oxygen atoms in total. The Balaban J connectivity index is 1.48. The maximum Gasteiger partial charge on any atom is 0.332 e. The van der Waals surface area contributed by atoms with Crippen LogP contribution in [0.15, 0.2) is 42.6 Å². The van der Waals surface area contributed by atoms with Gasteiger partial charge in [-0.2, -0.15) is 0 Å². The van der Waals surface area contributed by atoms with Crippen molar-refractivity contribution in [2.75, 3.05) is 11.4 Å². The molecule has 0 spiro atoms. The Hall–Kier alpha value is -3.09. The van der Waals surface area contributed by atoms with E-state index in [9.17, 15) is 14.4 Å². The second-order valence-electron chi connectivity index (χ2n) is 8.11. The minimum atomic E-state index is -0.528. The molecule has 2 aromatic rings. The van der Waals surface area contributed by atoms with Gasteiger partial charge in [0.2, 0.25) is 0 Å². The van der Waals surface area contributed by atoms with Crippen molar-refractivity contribution in [3.8, 4) is 0 Å². The van der Waals surface area contributed by atoms with Crippen molar-refractivity contribution in [2.24, 2.45) is 7.05 Å². The zero-order chi connectivity index (χ0) is 20.7. The van der Waals surface area contributed by atoms with Gasteiger partial charge in [-0.05, 0) is 48.6 Å². The van der Waals surface area contributed by atoms with Crippen LogP contribution in [0, 0.1) is 0 Å². The zero-order valence-corrected chi connectivity index (χ0v) is 17.0. The number of fused-ring (bicyclic) bond motifs is 1. The van der Waals surface area contributed by atoms with E-state index in [0.29, 0.717) is 36.7 Å². The molecule has 0 saturated carbocycles. The number of nitrogens with one attached hydrogen (secondary N) is 1. The first-order valence-electron chi connectivity index (χ1n) is 10.0. The average Bonchev–Trinajstić information content (AvgIpc) is 3.23. The molecule has 3 heterocycles. The molecule has 152 valence electrons. The van der Waals surface area contributed by atoms with Crippen LogP contribution in [-0.2, 0) is 11.8 Å².